The number of fused-ring (bicyclic) bond motifs is 1. The van der Waals surface area contributed by atoms with Crippen LogP contribution in [0.3, 0.4) is 0 Å². The fourth-order valence-electron chi connectivity index (χ4n) is 2.76. The van der Waals surface area contributed by atoms with E-state index in [0.29, 0.717) is 22.8 Å². The standard InChI is InChI=1S/C20H15F3N2O2/c1-12-18(11-26-16-6-7-17-14(10-16)8-9-24-17)25-19(27-12)13-2-4-15(5-3-13)20(21,22)23/h2-10,24H,11H2,1H3. The Balaban J connectivity index is 1.51. The van der Waals surface area contributed by atoms with Gasteiger partial charge in [-0.3, -0.25) is 0 Å². The molecular formula is C20H15F3N2O2. The molecule has 0 atom stereocenters. The molecule has 0 amide bonds. The number of H-pyrrole nitrogens is 1. The van der Waals surface area contributed by atoms with E-state index < -0.39 is 11.7 Å². The van der Waals surface area contributed by atoms with E-state index in [9.17, 15) is 13.2 Å². The normalized spacial score (nSPS) is 11.9. The zero-order valence-corrected chi connectivity index (χ0v) is 14.3. The van der Waals surface area contributed by atoms with Crippen molar-refractivity contribution >= 4 is 10.9 Å². The lowest BCUT2D eigenvalue weighted by Crippen LogP contribution is -2.04. The van der Waals surface area contributed by atoms with Crippen molar-refractivity contribution in [3.05, 3.63) is 71.7 Å². The first kappa shape index (κ1) is 17.2. The van der Waals surface area contributed by atoms with Crippen LogP contribution in [-0.4, -0.2) is 9.97 Å². The van der Waals surface area contributed by atoms with Gasteiger partial charge in [-0.2, -0.15) is 13.2 Å². The summed E-state index contributed by atoms with van der Waals surface area (Å²) >= 11 is 0. The number of alkyl halides is 3. The molecule has 0 saturated heterocycles. The van der Waals surface area contributed by atoms with E-state index in [1.165, 1.54) is 12.1 Å². The van der Waals surface area contributed by atoms with Gasteiger partial charge in [-0.1, -0.05) is 0 Å². The van der Waals surface area contributed by atoms with Gasteiger partial charge in [0, 0.05) is 22.7 Å². The van der Waals surface area contributed by atoms with Crippen LogP contribution in [0, 0.1) is 6.92 Å². The molecule has 2 aromatic heterocycles. The van der Waals surface area contributed by atoms with E-state index in [0.717, 1.165) is 23.0 Å². The monoisotopic (exact) mass is 372 g/mol. The van der Waals surface area contributed by atoms with Crippen LogP contribution in [0.25, 0.3) is 22.4 Å². The van der Waals surface area contributed by atoms with Gasteiger partial charge in [-0.15, -0.1) is 0 Å². The van der Waals surface area contributed by atoms with Crippen molar-refractivity contribution in [1.82, 2.24) is 9.97 Å². The Hall–Kier alpha value is -3.22. The minimum atomic E-state index is -4.37. The lowest BCUT2D eigenvalue weighted by molar-refractivity contribution is -0.137. The van der Waals surface area contributed by atoms with E-state index in [1.807, 2.05) is 30.5 Å². The molecular weight excluding hydrogens is 357 g/mol. The molecule has 27 heavy (non-hydrogen) atoms. The van der Waals surface area contributed by atoms with Crippen LogP contribution in [0.4, 0.5) is 13.2 Å². The van der Waals surface area contributed by atoms with Gasteiger partial charge in [-0.25, -0.2) is 4.98 Å². The van der Waals surface area contributed by atoms with Gasteiger partial charge in [-0.05, 0) is 55.5 Å². The lowest BCUT2D eigenvalue weighted by atomic mass is 10.1. The highest BCUT2D eigenvalue weighted by Gasteiger charge is 2.30. The van der Waals surface area contributed by atoms with Crippen LogP contribution in [0.15, 0.2) is 59.1 Å². The highest BCUT2D eigenvalue weighted by molar-refractivity contribution is 5.80. The molecule has 0 aliphatic heterocycles. The van der Waals surface area contributed by atoms with Crippen LogP contribution < -0.4 is 4.74 Å². The SMILES string of the molecule is Cc1oc(-c2ccc(C(F)(F)F)cc2)nc1COc1ccc2[nH]ccc2c1. The van der Waals surface area contributed by atoms with Crippen LogP contribution in [0.2, 0.25) is 0 Å². The molecule has 0 spiro atoms. The molecule has 2 heterocycles. The summed E-state index contributed by atoms with van der Waals surface area (Å²) in [6.07, 6.45) is -2.52. The van der Waals surface area contributed by atoms with Crippen LogP contribution in [-0.2, 0) is 12.8 Å². The number of aryl methyl sites for hydroxylation is 1. The Morgan fingerprint density at radius 2 is 1.85 bits per heavy atom. The molecule has 0 aliphatic carbocycles. The van der Waals surface area contributed by atoms with Crippen LogP contribution in [0.1, 0.15) is 17.0 Å². The largest absolute Gasteiger partial charge is 0.487 e. The molecule has 0 aliphatic rings. The highest BCUT2D eigenvalue weighted by Crippen LogP contribution is 2.31. The average Bonchev–Trinajstić information content (AvgIpc) is 3.25. The van der Waals surface area contributed by atoms with Crippen molar-refractivity contribution in [1.29, 1.82) is 0 Å². The van der Waals surface area contributed by atoms with Crippen molar-refractivity contribution in [2.45, 2.75) is 19.7 Å². The Kier molecular flexibility index (Phi) is 4.14. The Morgan fingerprint density at radius 1 is 1.07 bits per heavy atom. The minimum Gasteiger partial charge on any atom is -0.487 e. The summed E-state index contributed by atoms with van der Waals surface area (Å²) in [7, 11) is 0. The number of nitrogens with zero attached hydrogens (tertiary/aromatic N) is 1. The number of aromatic nitrogens is 2. The van der Waals surface area contributed by atoms with Gasteiger partial charge in [0.2, 0.25) is 5.89 Å². The first-order chi connectivity index (χ1) is 12.9. The van der Waals surface area contributed by atoms with Crippen molar-refractivity contribution in [2.75, 3.05) is 0 Å². The molecule has 0 saturated carbocycles. The third kappa shape index (κ3) is 3.53. The lowest BCUT2D eigenvalue weighted by Gasteiger charge is -2.06. The number of ether oxygens (including phenoxy) is 1. The number of hydrogen-bond donors (Lipinski definition) is 1. The summed E-state index contributed by atoms with van der Waals surface area (Å²) in [5.74, 6) is 1.52. The van der Waals surface area contributed by atoms with E-state index in [2.05, 4.69) is 9.97 Å². The summed E-state index contributed by atoms with van der Waals surface area (Å²) in [5.41, 5.74) is 1.38. The summed E-state index contributed by atoms with van der Waals surface area (Å²) in [4.78, 5) is 7.47. The van der Waals surface area contributed by atoms with Gasteiger partial charge in [0.15, 0.2) is 0 Å². The summed E-state index contributed by atoms with van der Waals surface area (Å²) in [5, 5.41) is 1.04. The minimum absolute atomic E-state index is 0.200. The molecule has 4 rings (SSSR count). The van der Waals surface area contributed by atoms with Crippen LogP contribution in [0.5, 0.6) is 5.75 Å². The summed E-state index contributed by atoms with van der Waals surface area (Å²) in [6, 6.07) is 12.4. The zero-order valence-electron chi connectivity index (χ0n) is 14.3. The Morgan fingerprint density at radius 3 is 2.59 bits per heavy atom. The maximum Gasteiger partial charge on any atom is 0.416 e. The van der Waals surface area contributed by atoms with E-state index >= 15 is 0 Å². The molecule has 0 radical (unpaired) electrons. The van der Waals surface area contributed by atoms with Gasteiger partial charge in [0.1, 0.15) is 23.8 Å². The number of aromatic amines is 1. The molecule has 138 valence electrons. The van der Waals surface area contributed by atoms with Gasteiger partial charge >= 0.3 is 6.18 Å². The van der Waals surface area contributed by atoms with E-state index in [-0.39, 0.29) is 12.5 Å². The number of hydrogen-bond acceptors (Lipinski definition) is 3. The third-order valence-electron chi connectivity index (χ3n) is 4.25. The number of rotatable bonds is 4. The van der Waals surface area contributed by atoms with Crippen molar-refractivity contribution in [3.8, 4) is 17.2 Å². The number of halogens is 3. The highest BCUT2D eigenvalue weighted by atomic mass is 19.4. The molecule has 7 heteroatoms. The molecule has 4 nitrogen and oxygen atoms in total. The third-order valence-corrected chi connectivity index (χ3v) is 4.25. The first-order valence-electron chi connectivity index (χ1n) is 8.24. The molecule has 1 N–H and O–H groups in total. The second-order valence-electron chi connectivity index (χ2n) is 6.11. The Labute approximate surface area is 152 Å². The smallest absolute Gasteiger partial charge is 0.416 e. The predicted molar refractivity (Wildman–Crippen MR) is 94.3 cm³/mol. The topological polar surface area (TPSA) is 51.1 Å². The van der Waals surface area contributed by atoms with Crippen molar-refractivity contribution in [3.63, 3.8) is 0 Å². The Bertz CT molecular complexity index is 1080. The maximum atomic E-state index is 12.7. The molecule has 0 unspecified atom stereocenters. The molecule has 4 aromatic rings. The predicted octanol–water partition coefficient (Wildman–Crippen LogP) is 5.73. The fourth-order valence-corrected chi connectivity index (χ4v) is 2.76. The second kappa shape index (κ2) is 6.50. The number of oxazole rings is 1. The summed E-state index contributed by atoms with van der Waals surface area (Å²) in [6.45, 7) is 1.94. The number of nitrogens with one attached hydrogen (secondary N) is 1. The molecule has 2 aromatic carbocycles. The van der Waals surface area contributed by atoms with Crippen molar-refractivity contribution in [2.24, 2.45) is 0 Å². The van der Waals surface area contributed by atoms with E-state index in [1.54, 1.807) is 6.92 Å². The number of benzene rings is 2. The summed E-state index contributed by atoms with van der Waals surface area (Å²) < 4.78 is 49.4. The zero-order chi connectivity index (χ0) is 19.0. The van der Waals surface area contributed by atoms with Crippen molar-refractivity contribution < 1.29 is 22.3 Å². The van der Waals surface area contributed by atoms with Gasteiger partial charge < -0.3 is 14.1 Å². The van der Waals surface area contributed by atoms with Gasteiger partial charge in [0.25, 0.3) is 0 Å². The average molecular weight is 372 g/mol. The second-order valence-corrected chi connectivity index (χ2v) is 6.11. The fraction of sp³-hybridized carbons (Fsp3) is 0.150. The maximum absolute atomic E-state index is 12.7. The van der Waals surface area contributed by atoms with E-state index in [4.69, 9.17) is 9.15 Å². The quantitative estimate of drug-likeness (QED) is 0.498. The molecule has 0 fully saturated rings. The molecule has 0 bridgehead atoms. The first-order valence-corrected chi connectivity index (χ1v) is 8.24. The van der Waals surface area contributed by atoms with Gasteiger partial charge in [0.05, 0.1) is 5.56 Å². The van der Waals surface area contributed by atoms with Crippen LogP contribution >= 0.6 is 0 Å².